The normalized spacial score (nSPS) is 18.1. The van der Waals surface area contributed by atoms with Gasteiger partial charge >= 0.3 is 0 Å². The molecule has 1 aliphatic heterocycles. The van der Waals surface area contributed by atoms with E-state index in [0.29, 0.717) is 17.9 Å². The number of tetrazole rings is 1. The number of hydrogen-bond donors (Lipinski definition) is 0. The Hall–Kier alpha value is -3.10. The summed E-state index contributed by atoms with van der Waals surface area (Å²) in [5.74, 6) is 0.542. The highest BCUT2D eigenvalue weighted by atomic mass is 16.5. The molecule has 3 heterocycles. The molecule has 0 aliphatic carbocycles. The minimum Gasteiger partial charge on any atom is -0.343 e. The van der Waals surface area contributed by atoms with E-state index in [1.807, 2.05) is 17.0 Å². The average molecular weight is 339 g/mol. The fourth-order valence-electron chi connectivity index (χ4n) is 3.15. The Balaban J connectivity index is 1.59. The molecule has 1 amide bonds. The summed E-state index contributed by atoms with van der Waals surface area (Å²) in [5, 5.41) is 15.0. The number of nitrogens with zero attached hydrogens (tertiary/aromatic N) is 7. The van der Waals surface area contributed by atoms with Crippen molar-refractivity contribution in [3.8, 4) is 5.69 Å². The van der Waals surface area contributed by atoms with Crippen LogP contribution in [0.4, 0.5) is 0 Å². The molecule has 128 valence electrons. The van der Waals surface area contributed by atoms with Gasteiger partial charge in [-0.2, -0.15) is 4.98 Å². The zero-order valence-electron chi connectivity index (χ0n) is 13.5. The third kappa shape index (κ3) is 3.12. The number of rotatable bonds is 3. The van der Waals surface area contributed by atoms with E-state index < -0.39 is 0 Å². The van der Waals surface area contributed by atoms with Crippen LogP contribution in [-0.2, 0) is 0 Å². The summed E-state index contributed by atoms with van der Waals surface area (Å²) in [5.41, 5.74) is 1.42. The number of amides is 1. The van der Waals surface area contributed by atoms with Crippen LogP contribution in [0.25, 0.3) is 5.69 Å². The second-order valence-corrected chi connectivity index (χ2v) is 5.95. The van der Waals surface area contributed by atoms with Crippen molar-refractivity contribution in [2.45, 2.75) is 31.7 Å². The fourth-order valence-corrected chi connectivity index (χ4v) is 3.15. The molecule has 0 unspecified atom stereocenters. The smallest absolute Gasteiger partial charge is 0.254 e. The van der Waals surface area contributed by atoms with Gasteiger partial charge in [-0.1, -0.05) is 18.0 Å². The van der Waals surface area contributed by atoms with Crippen LogP contribution in [0, 0.1) is 0 Å². The monoisotopic (exact) mass is 339 g/mol. The number of likely N-dealkylation sites (tertiary alicyclic amines) is 1. The van der Waals surface area contributed by atoms with E-state index in [1.165, 1.54) is 12.7 Å². The van der Waals surface area contributed by atoms with Crippen LogP contribution in [0.1, 0.15) is 47.9 Å². The lowest BCUT2D eigenvalue weighted by atomic mass is 10.1. The first-order valence-electron chi connectivity index (χ1n) is 8.23. The molecule has 9 heteroatoms. The molecule has 1 fully saturated rings. The first-order chi connectivity index (χ1) is 12.3. The molecule has 25 heavy (non-hydrogen) atoms. The third-order valence-electron chi connectivity index (χ3n) is 4.42. The topological polar surface area (TPSA) is 103 Å². The van der Waals surface area contributed by atoms with Crippen molar-refractivity contribution in [3.63, 3.8) is 0 Å². The van der Waals surface area contributed by atoms with Gasteiger partial charge in [0.05, 0.1) is 11.7 Å². The maximum atomic E-state index is 13.0. The molecule has 0 saturated carbocycles. The molecule has 1 atom stereocenters. The van der Waals surface area contributed by atoms with Crippen molar-refractivity contribution >= 4 is 5.91 Å². The Morgan fingerprint density at radius 3 is 2.76 bits per heavy atom. The number of carbonyl (C=O) groups is 1. The largest absolute Gasteiger partial charge is 0.343 e. The van der Waals surface area contributed by atoms with E-state index in [0.717, 1.165) is 31.4 Å². The lowest BCUT2D eigenvalue weighted by Gasteiger charge is -2.28. The summed E-state index contributed by atoms with van der Waals surface area (Å²) in [7, 11) is 0. The van der Waals surface area contributed by atoms with Crippen molar-refractivity contribution in [3.05, 3.63) is 48.4 Å². The maximum absolute atomic E-state index is 13.0. The fraction of sp³-hybridized carbons (Fsp3) is 0.375. The zero-order valence-corrected chi connectivity index (χ0v) is 13.5. The molecule has 1 aromatic carbocycles. The van der Waals surface area contributed by atoms with E-state index in [4.69, 9.17) is 4.52 Å². The van der Waals surface area contributed by atoms with Gasteiger partial charge in [-0.15, -0.1) is 5.10 Å². The summed E-state index contributed by atoms with van der Waals surface area (Å²) < 4.78 is 6.42. The van der Waals surface area contributed by atoms with Crippen molar-refractivity contribution in [2.24, 2.45) is 0 Å². The van der Waals surface area contributed by atoms with Gasteiger partial charge in [-0.05, 0) is 47.5 Å². The number of benzene rings is 1. The first-order valence-corrected chi connectivity index (χ1v) is 8.23. The summed E-state index contributed by atoms with van der Waals surface area (Å²) >= 11 is 0. The zero-order chi connectivity index (χ0) is 17.1. The van der Waals surface area contributed by atoms with Gasteiger partial charge in [0.25, 0.3) is 5.91 Å². The van der Waals surface area contributed by atoms with Gasteiger partial charge in [-0.3, -0.25) is 4.79 Å². The molecule has 2 aromatic heterocycles. The molecule has 1 aliphatic rings. The van der Waals surface area contributed by atoms with Crippen LogP contribution >= 0.6 is 0 Å². The van der Waals surface area contributed by atoms with E-state index in [2.05, 4.69) is 25.7 Å². The van der Waals surface area contributed by atoms with Crippen LogP contribution < -0.4 is 0 Å². The predicted molar refractivity (Wildman–Crippen MR) is 85.7 cm³/mol. The Labute approximate surface area is 143 Å². The molecule has 0 bridgehead atoms. The Kier molecular flexibility index (Phi) is 4.19. The summed E-state index contributed by atoms with van der Waals surface area (Å²) in [4.78, 5) is 19.1. The highest BCUT2D eigenvalue weighted by molar-refractivity contribution is 5.94. The Bertz CT molecular complexity index is 815. The molecule has 4 rings (SSSR count). The van der Waals surface area contributed by atoms with Crippen molar-refractivity contribution in [2.75, 3.05) is 6.54 Å². The van der Waals surface area contributed by atoms with Gasteiger partial charge in [0, 0.05) is 12.1 Å². The molecule has 3 aromatic rings. The lowest BCUT2D eigenvalue weighted by molar-refractivity contribution is 0.0670. The molecule has 0 N–H and O–H groups in total. The van der Waals surface area contributed by atoms with Gasteiger partial charge in [-0.25, -0.2) is 4.68 Å². The lowest BCUT2D eigenvalue weighted by Crippen LogP contribution is -2.35. The summed E-state index contributed by atoms with van der Waals surface area (Å²) in [6.45, 7) is 0.687. The van der Waals surface area contributed by atoms with Crippen LogP contribution in [0.2, 0.25) is 0 Å². The molecule has 9 nitrogen and oxygen atoms in total. The molecular formula is C16H17N7O2. The molecular weight excluding hydrogens is 322 g/mol. The Morgan fingerprint density at radius 2 is 2.04 bits per heavy atom. The number of hydrogen-bond acceptors (Lipinski definition) is 7. The van der Waals surface area contributed by atoms with E-state index in [-0.39, 0.29) is 11.9 Å². The summed E-state index contributed by atoms with van der Waals surface area (Å²) in [6.07, 6.45) is 6.77. The maximum Gasteiger partial charge on any atom is 0.254 e. The van der Waals surface area contributed by atoms with Crippen LogP contribution in [0.5, 0.6) is 0 Å². The van der Waals surface area contributed by atoms with E-state index in [9.17, 15) is 4.79 Å². The standard InChI is InChI=1S/C16H17N7O2/c24-16(12-5-7-13(8-6-12)23-10-18-20-21-23)22-9-3-1-2-4-14(22)15-17-11-25-19-15/h5-8,10-11,14H,1-4,9H2/t14-/m0/s1. The predicted octanol–water partition coefficient (Wildman–Crippen LogP) is 1.80. The van der Waals surface area contributed by atoms with Crippen molar-refractivity contribution in [1.29, 1.82) is 0 Å². The van der Waals surface area contributed by atoms with Crippen LogP contribution in [0.15, 0.2) is 41.5 Å². The van der Waals surface area contributed by atoms with Gasteiger partial charge in [0.15, 0.2) is 5.82 Å². The molecule has 0 radical (unpaired) electrons. The second kappa shape index (κ2) is 6.80. The number of aromatic nitrogens is 6. The minimum atomic E-state index is -0.145. The van der Waals surface area contributed by atoms with Gasteiger partial charge in [0.2, 0.25) is 6.39 Å². The van der Waals surface area contributed by atoms with Crippen molar-refractivity contribution < 1.29 is 9.32 Å². The quantitative estimate of drug-likeness (QED) is 0.717. The third-order valence-corrected chi connectivity index (χ3v) is 4.42. The van der Waals surface area contributed by atoms with Gasteiger partial charge < -0.3 is 9.42 Å². The van der Waals surface area contributed by atoms with Gasteiger partial charge in [0.1, 0.15) is 6.33 Å². The van der Waals surface area contributed by atoms with E-state index in [1.54, 1.807) is 16.8 Å². The average Bonchev–Trinajstić information content (AvgIpc) is 3.32. The molecule has 0 spiro atoms. The highest BCUT2D eigenvalue weighted by Gasteiger charge is 2.30. The van der Waals surface area contributed by atoms with E-state index >= 15 is 0 Å². The minimum absolute atomic E-state index is 0.0278. The SMILES string of the molecule is O=C(c1ccc(-n2cnnn2)cc1)N1CCCCC[C@H]1c1ncon1. The highest BCUT2D eigenvalue weighted by Crippen LogP contribution is 2.29. The first kappa shape index (κ1) is 15.4. The number of carbonyl (C=O) groups excluding carboxylic acids is 1. The Morgan fingerprint density at radius 1 is 1.16 bits per heavy atom. The van der Waals surface area contributed by atoms with Crippen molar-refractivity contribution in [1.82, 2.24) is 35.2 Å². The second-order valence-electron chi connectivity index (χ2n) is 5.95. The van der Waals surface area contributed by atoms with Crippen LogP contribution in [-0.4, -0.2) is 47.7 Å². The molecule has 1 saturated heterocycles. The van der Waals surface area contributed by atoms with Crippen LogP contribution in [0.3, 0.4) is 0 Å². The summed E-state index contributed by atoms with van der Waals surface area (Å²) in [6, 6.07) is 7.08.